The van der Waals surface area contributed by atoms with Crippen LogP contribution in [0.3, 0.4) is 0 Å². The van der Waals surface area contributed by atoms with Crippen molar-refractivity contribution in [1.29, 1.82) is 5.26 Å². The number of nitrogens with two attached hydrogens (primary N) is 1. The van der Waals surface area contributed by atoms with Gasteiger partial charge in [0.2, 0.25) is 0 Å². The zero-order valence-corrected chi connectivity index (χ0v) is 11.5. The molecule has 0 aliphatic heterocycles. The quantitative estimate of drug-likeness (QED) is 0.567. The van der Waals surface area contributed by atoms with Gasteiger partial charge in [0.05, 0.1) is 18.4 Å². The number of rotatable bonds is 8. The van der Waals surface area contributed by atoms with Crippen molar-refractivity contribution in [3.05, 3.63) is 40.9 Å². The summed E-state index contributed by atoms with van der Waals surface area (Å²) in [7, 11) is 0. The van der Waals surface area contributed by atoms with Crippen LogP contribution in [0.15, 0.2) is 30.3 Å². The normalized spacial score (nSPS) is 11.1. The first-order valence-electron chi connectivity index (χ1n) is 6.19. The molecule has 0 saturated carbocycles. The number of hydroxylamine groups is 1. The molecule has 19 heavy (non-hydrogen) atoms. The third-order valence-electron chi connectivity index (χ3n) is 2.40. The fourth-order valence-electron chi connectivity index (χ4n) is 1.46. The largest absolute Gasteiger partial charge is 0.328 e. The Morgan fingerprint density at radius 2 is 2.16 bits per heavy atom. The Balaban J connectivity index is 2.67. The van der Waals surface area contributed by atoms with E-state index in [-0.39, 0.29) is 0 Å². The molecule has 0 heterocycles. The van der Waals surface area contributed by atoms with Crippen LogP contribution in [-0.4, -0.2) is 13.2 Å². The Kier molecular flexibility index (Phi) is 7.68. The number of nitrogens with one attached hydrogen (secondary N) is 1. The van der Waals surface area contributed by atoms with Gasteiger partial charge in [-0.05, 0) is 30.5 Å². The van der Waals surface area contributed by atoms with Crippen LogP contribution in [0.1, 0.15) is 24.8 Å². The van der Waals surface area contributed by atoms with Crippen LogP contribution in [0, 0.1) is 11.3 Å². The zero-order chi connectivity index (χ0) is 13.9. The molecule has 102 valence electrons. The molecule has 0 unspecified atom stereocenters. The van der Waals surface area contributed by atoms with Gasteiger partial charge in [-0.2, -0.15) is 5.26 Å². The second kappa shape index (κ2) is 9.40. The third-order valence-corrected chi connectivity index (χ3v) is 2.65. The molecule has 5 heteroatoms. The third kappa shape index (κ3) is 6.25. The molecule has 1 aromatic carbocycles. The molecule has 0 bridgehead atoms. The Morgan fingerprint density at radius 3 is 2.79 bits per heavy atom. The summed E-state index contributed by atoms with van der Waals surface area (Å²) in [4.78, 5) is 5.25. The van der Waals surface area contributed by atoms with Gasteiger partial charge < -0.3 is 5.73 Å². The van der Waals surface area contributed by atoms with E-state index in [1.54, 1.807) is 0 Å². The summed E-state index contributed by atoms with van der Waals surface area (Å²) in [5.41, 5.74) is 10.1. The average molecular weight is 280 g/mol. The first-order valence-corrected chi connectivity index (χ1v) is 6.56. The maximum Gasteiger partial charge on any atom is 0.0868 e. The van der Waals surface area contributed by atoms with Crippen molar-refractivity contribution in [3.63, 3.8) is 0 Å². The van der Waals surface area contributed by atoms with Gasteiger partial charge in [0.1, 0.15) is 0 Å². The second-order valence-electron chi connectivity index (χ2n) is 3.91. The topological polar surface area (TPSA) is 71.1 Å². The lowest BCUT2D eigenvalue weighted by Gasteiger charge is -2.11. The summed E-state index contributed by atoms with van der Waals surface area (Å²) < 4.78 is 0. The van der Waals surface area contributed by atoms with E-state index in [1.165, 1.54) is 0 Å². The molecule has 1 rings (SSSR count). The van der Waals surface area contributed by atoms with Gasteiger partial charge in [-0.25, -0.2) is 0 Å². The molecular formula is C14H18ClN3O. The number of hydrogen-bond acceptors (Lipinski definition) is 4. The zero-order valence-electron chi connectivity index (χ0n) is 10.7. The first kappa shape index (κ1) is 15.5. The Labute approximate surface area is 118 Å². The van der Waals surface area contributed by atoms with Gasteiger partial charge in [-0.3, -0.25) is 10.3 Å². The highest BCUT2D eigenvalue weighted by molar-refractivity contribution is 6.30. The number of nitriles is 1. The molecule has 0 aliphatic carbocycles. The molecule has 0 spiro atoms. The molecule has 0 aliphatic rings. The fourth-order valence-corrected chi connectivity index (χ4v) is 1.59. The molecular weight excluding hydrogens is 262 g/mol. The summed E-state index contributed by atoms with van der Waals surface area (Å²) in [6, 6.07) is 9.60. The van der Waals surface area contributed by atoms with Gasteiger partial charge in [-0.1, -0.05) is 29.8 Å². The van der Waals surface area contributed by atoms with Gasteiger partial charge in [0.15, 0.2) is 0 Å². The molecule has 0 radical (unpaired) electrons. The number of hydrogen-bond donors (Lipinski definition) is 2. The number of halogens is 1. The second-order valence-corrected chi connectivity index (χ2v) is 4.35. The van der Waals surface area contributed by atoms with E-state index in [0.29, 0.717) is 24.6 Å². The average Bonchev–Trinajstić information content (AvgIpc) is 2.43. The summed E-state index contributed by atoms with van der Waals surface area (Å²) in [5.74, 6) is 0. The van der Waals surface area contributed by atoms with Gasteiger partial charge in [0.25, 0.3) is 0 Å². The SMILES string of the molecule is N#CCCCC=C(NOCCN)c1ccc(Cl)cc1. The van der Waals surface area contributed by atoms with Crippen molar-refractivity contribution >= 4 is 17.3 Å². The van der Waals surface area contributed by atoms with Crippen LogP contribution in [0.25, 0.3) is 5.70 Å². The minimum absolute atomic E-state index is 0.434. The van der Waals surface area contributed by atoms with Crippen molar-refractivity contribution in [3.8, 4) is 6.07 Å². The van der Waals surface area contributed by atoms with Crippen LogP contribution in [0.5, 0.6) is 0 Å². The molecule has 0 fully saturated rings. The van der Waals surface area contributed by atoms with Crippen LogP contribution in [0.4, 0.5) is 0 Å². The highest BCUT2D eigenvalue weighted by Gasteiger charge is 2.01. The predicted octanol–water partition coefficient (Wildman–Crippen LogP) is 2.85. The maximum atomic E-state index is 8.51. The lowest BCUT2D eigenvalue weighted by atomic mass is 10.1. The molecule has 0 aromatic heterocycles. The molecule has 1 aromatic rings. The van der Waals surface area contributed by atoms with Crippen LogP contribution >= 0.6 is 11.6 Å². The summed E-state index contributed by atoms with van der Waals surface area (Å²) in [6.07, 6.45) is 4.20. The summed E-state index contributed by atoms with van der Waals surface area (Å²) >= 11 is 5.87. The minimum Gasteiger partial charge on any atom is -0.328 e. The maximum absolute atomic E-state index is 8.51. The molecule has 0 amide bonds. The summed E-state index contributed by atoms with van der Waals surface area (Å²) in [6.45, 7) is 0.887. The Morgan fingerprint density at radius 1 is 1.42 bits per heavy atom. The number of allylic oxidation sites excluding steroid dienone is 1. The fraction of sp³-hybridized carbons (Fsp3) is 0.357. The van der Waals surface area contributed by atoms with Gasteiger partial charge >= 0.3 is 0 Å². The molecule has 0 saturated heterocycles. The van der Waals surface area contributed by atoms with Crippen molar-refractivity contribution in [2.24, 2.45) is 5.73 Å². The highest BCUT2D eigenvalue weighted by Crippen LogP contribution is 2.16. The number of benzene rings is 1. The van der Waals surface area contributed by atoms with Gasteiger partial charge in [0, 0.05) is 18.0 Å². The van der Waals surface area contributed by atoms with E-state index >= 15 is 0 Å². The van der Waals surface area contributed by atoms with E-state index in [4.69, 9.17) is 27.4 Å². The smallest absolute Gasteiger partial charge is 0.0868 e. The summed E-state index contributed by atoms with van der Waals surface area (Å²) in [5, 5.41) is 9.20. The lowest BCUT2D eigenvalue weighted by molar-refractivity contribution is 0.0847. The van der Waals surface area contributed by atoms with E-state index in [1.807, 2.05) is 30.3 Å². The lowest BCUT2D eigenvalue weighted by Crippen LogP contribution is -2.18. The predicted molar refractivity (Wildman–Crippen MR) is 77.0 cm³/mol. The first-order chi connectivity index (χ1) is 9.27. The van der Waals surface area contributed by atoms with Crippen molar-refractivity contribution < 1.29 is 4.84 Å². The molecule has 0 atom stereocenters. The number of nitrogens with zero attached hydrogens (tertiary/aromatic N) is 1. The number of unbranched alkanes of at least 4 members (excludes halogenated alkanes) is 2. The van der Waals surface area contributed by atoms with Crippen molar-refractivity contribution in [1.82, 2.24) is 5.48 Å². The van der Waals surface area contributed by atoms with Gasteiger partial charge in [-0.15, -0.1) is 0 Å². The van der Waals surface area contributed by atoms with Crippen molar-refractivity contribution in [2.45, 2.75) is 19.3 Å². The van der Waals surface area contributed by atoms with Crippen LogP contribution < -0.4 is 11.2 Å². The molecule has 3 N–H and O–H groups in total. The monoisotopic (exact) mass is 279 g/mol. The minimum atomic E-state index is 0.434. The van der Waals surface area contributed by atoms with Crippen LogP contribution in [-0.2, 0) is 4.84 Å². The standard InChI is InChI=1S/C14H18ClN3O/c15-13-7-5-12(6-8-13)14(18-19-11-10-17)4-2-1-3-9-16/h4-8,18H,1-3,10-11,17H2. The van der Waals surface area contributed by atoms with E-state index in [0.717, 1.165) is 24.1 Å². The highest BCUT2D eigenvalue weighted by atomic mass is 35.5. The Hall–Kier alpha value is -1.54. The molecule has 4 nitrogen and oxygen atoms in total. The van der Waals surface area contributed by atoms with E-state index in [9.17, 15) is 0 Å². The van der Waals surface area contributed by atoms with E-state index < -0.39 is 0 Å². The van der Waals surface area contributed by atoms with Crippen molar-refractivity contribution in [2.75, 3.05) is 13.2 Å². The Bertz CT molecular complexity index is 437. The van der Waals surface area contributed by atoms with Crippen LogP contribution in [0.2, 0.25) is 5.02 Å². The van der Waals surface area contributed by atoms with E-state index in [2.05, 4.69) is 11.5 Å².